The van der Waals surface area contributed by atoms with Crippen LogP contribution < -0.4 is 5.32 Å². The van der Waals surface area contributed by atoms with E-state index in [9.17, 15) is 18.0 Å². The molecule has 28 heavy (non-hydrogen) atoms. The van der Waals surface area contributed by atoms with E-state index in [4.69, 9.17) is 0 Å². The van der Waals surface area contributed by atoms with Crippen molar-refractivity contribution in [3.8, 4) is 11.1 Å². The second kappa shape index (κ2) is 8.13. The third kappa shape index (κ3) is 3.89. The third-order valence-corrected chi connectivity index (χ3v) is 5.77. The van der Waals surface area contributed by atoms with Crippen LogP contribution in [-0.2, 0) is 0 Å². The van der Waals surface area contributed by atoms with Gasteiger partial charge in [-0.25, -0.2) is 13.2 Å². The fourth-order valence-electron chi connectivity index (χ4n) is 4.24. The maximum atomic E-state index is 13.4. The molecular weight excluding hydrogens is 389 g/mol. The van der Waals surface area contributed by atoms with Gasteiger partial charge in [-0.05, 0) is 61.1 Å². The fraction of sp³-hybridized carbons (Fsp3) is 0.381. The van der Waals surface area contributed by atoms with Gasteiger partial charge in [0.15, 0.2) is 17.5 Å². The van der Waals surface area contributed by atoms with E-state index in [1.54, 1.807) is 29.2 Å². The number of nitrogens with one attached hydrogen (secondary N) is 1. The number of hydrogen-bond donors (Lipinski definition) is 1. The Morgan fingerprint density at radius 1 is 0.964 bits per heavy atom. The molecule has 2 fully saturated rings. The summed E-state index contributed by atoms with van der Waals surface area (Å²) < 4.78 is 40.0. The first-order valence-electron chi connectivity index (χ1n) is 9.20. The van der Waals surface area contributed by atoms with Gasteiger partial charge >= 0.3 is 0 Å². The predicted molar refractivity (Wildman–Crippen MR) is 104 cm³/mol. The van der Waals surface area contributed by atoms with Crippen LogP contribution in [0.2, 0.25) is 0 Å². The summed E-state index contributed by atoms with van der Waals surface area (Å²) in [5.41, 5.74) is 1.27. The lowest BCUT2D eigenvalue weighted by Crippen LogP contribution is -2.48. The van der Waals surface area contributed by atoms with Crippen LogP contribution in [0.15, 0.2) is 36.4 Å². The van der Waals surface area contributed by atoms with E-state index >= 15 is 0 Å². The SMILES string of the molecule is CN(C(=O)c1ccc(-c2cc(F)c(F)c(F)c2)cc1)C1CC2CCC(C1)N2.Cl. The Morgan fingerprint density at radius 3 is 2.04 bits per heavy atom. The lowest BCUT2D eigenvalue weighted by Gasteiger charge is -2.35. The normalized spacial score (nSPS) is 23.2. The van der Waals surface area contributed by atoms with Gasteiger partial charge in [-0.3, -0.25) is 4.79 Å². The van der Waals surface area contributed by atoms with Gasteiger partial charge in [0, 0.05) is 30.7 Å². The minimum Gasteiger partial charge on any atom is -0.339 e. The largest absolute Gasteiger partial charge is 0.339 e. The van der Waals surface area contributed by atoms with E-state index in [1.807, 2.05) is 7.05 Å². The fourth-order valence-corrected chi connectivity index (χ4v) is 4.24. The van der Waals surface area contributed by atoms with E-state index in [0.29, 0.717) is 23.2 Å². The molecule has 2 unspecified atom stereocenters. The van der Waals surface area contributed by atoms with Crippen LogP contribution >= 0.6 is 12.4 Å². The molecular formula is C21H22ClF3N2O. The Hall–Kier alpha value is -2.05. The number of halogens is 4. The van der Waals surface area contributed by atoms with Crippen molar-refractivity contribution in [3.05, 3.63) is 59.4 Å². The van der Waals surface area contributed by atoms with Crippen LogP contribution in [0.1, 0.15) is 36.0 Å². The lowest BCUT2D eigenvalue weighted by molar-refractivity contribution is 0.0681. The van der Waals surface area contributed by atoms with Crippen molar-refractivity contribution in [1.29, 1.82) is 0 Å². The number of fused-ring (bicyclic) bond motifs is 2. The summed E-state index contributed by atoms with van der Waals surface area (Å²) >= 11 is 0. The van der Waals surface area contributed by atoms with Crippen LogP contribution in [0.3, 0.4) is 0 Å². The van der Waals surface area contributed by atoms with Crippen LogP contribution in [0, 0.1) is 17.5 Å². The van der Waals surface area contributed by atoms with Gasteiger partial charge in [0.25, 0.3) is 5.91 Å². The van der Waals surface area contributed by atoms with Crippen LogP contribution in [0.4, 0.5) is 13.2 Å². The van der Waals surface area contributed by atoms with Crippen molar-refractivity contribution < 1.29 is 18.0 Å². The molecule has 2 aliphatic heterocycles. The maximum absolute atomic E-state index is 13.4. The van der Waals surface area contributed by atoms with E-state index in [1.165, 1.54) is 12.8 Å². The molecule has 0 aromatic heterocycles. The van der Waals surface area contributed by atoms with Gasteiger partial charge in [0.2, 0.25) is 0 Å². The molecule has 2 saturated heterocycles. The van der Waals surface area contributed by atoms with E-state index in [-0.39, 0.29) is 29.9 Å². The van der Waals surface area contributed by atoms with Crippen molar-refractivity contribution >= 4 is 18.3 Å². The van der Waals surface area contributed by atoms with Gasteiger partial charge in [-0.15, -0.1) is 12.4 Å². The first-order chi connectivity index (χ1) is 12.9. The summed E-state index contributed by atoms with van der Waals surface area (Å²) in [4.78, 5) is 14.6. The van der Waals surface area contributed by atoms with Crippen LogP contribution in [-0.4, -0.2) is 36.0 Å². The van der Waals surface area contributed by atoms with Gasteiger partial charge in [0.05, 0.1) is 0 Å². The van der Waals surface area contributed by atoms with Gasteiger partial charge in [0.1, 0.15) is 0 Å². The molecule has 0 radical (unpaired) electrons. The summed E-state index contributed by atoms with van der Waals surface area (Å²) in [6, 6.07) is 9.64. The number of nitrogens with zero attached hydrogens (tertiary/aromatic N) is 1. The second-order valence-electron chi connectivity index (χ2n) is 7.51. The standard InChI is InChI=1S/C21H21F3N2O.ClH/c1-26(17-10-15-6-7-16(11-17)25-15)21(27)13-4-2-12(3-5-13)14-8-18(22)20(24)19(23)9-14;/h2-5,8-9,15-17,25H,6-7,10-11H2,1H3;1H. The summed E-state index contributed by atoms with van der Waals surface area (Å²) in [7, 11) is 1.83. The highest BCUT2D eigenvalue weighted by molar-refractivity contribution is 5.94. The Labute approximate surface area is 168 Å². The molecule has 3 nitrogen and oxygen atoms in total. The molecule has 2 aromatic carbocycles. The molecule has 0 aliphatic carbocycles. The molecule has 4 rings (SSSR count). The molecule has 7 heteroatoms. The Kier molecular flexibility index (Phi) is 6.01. The number of hydrogen-bond acceptors (Lipinski definition) is 2. The lowest BCUT2D eigenvalue weighted by atomic mass is 9.97. The third-order valence-electron chi connectivity index (χ3n) is 5.77. The summed E-state index contributed by atoms with van der Waals surface area (Å²) in [6.45, 7) is 0. The molecule has 2 bridgehead atoms. The maximum Gasteiger partial charge on any atom is 0.253 e. The number of benzene rings is 2. The monoisotopic (exact) mass is 410 g/mol. The molecule has 2 heterocycles. The van der Waals surface area contributed by atoms with E-state index in [0.717, 1.165) is 25.0 Å². The average Bonchev–Trinajstić information content (AvgIpc) is 3.02. The van der Waals surface area contributed by atoms with Crippen LogP contribution in [0.25, 0.3) is 11.1 Å². The Balaban J connectivity index is 0.00000225. The molecule has 1 N–H and O–H groups in total. The number of carbonyl (C=O) groups is 1. The number of rotatable bonds is 3. The number of piperidine rings is 1. The van der Waals surface area contributed by atoms with Gasteiger partial charge in [-0.1, -0.05) is 12.1 Å². The summed E-state index contributed by atoms with van der Waals surface area (Å²) in [5, 5.41) is 3.57. The molecule has 2 aromatic rings. The molecule has 150 valence electrons. The molecule has 1 amide bonds. The highest BCUT2D eigenvalue weighted by Gasteiger charge is 2.36. The van der Waals surface area contributed by atoms with Gasteiger partial charge < -0.3 is 10.2 Å². The summed E-state index contributed by atoms with van der Waals surface area (Å²) in [5.74, 6) is -4.01. The van der Waals surface area contributed by atoms with E-state index < -0.39 is 17.5 Å². The van der Waals surface area contributed by atoms with Crippen molar-refractivity contribution in [2.45, 2.75) is 43.8 Å². The molecule has 0 spiro atoms. The zero-order chi connectivity index (χ0) is 19.1. The molecule has 0 saturated carbocycles. The van der Waals surface area contributed by atoms with E-state index in [2.05, 4.69) is 5.32 Å². The second-order valence-corrected chi connectivity index (χ2v) is 7.51. The van der Waals surface area contributed by atoms with Crippen molar-refractivity contribution in [2.75, 3.05) is 7.05 Å². The minimum absolute atomic E-state index is 0. The van der Waals surface area contributed by atoms with Crippen molar-refractivity contribution in [1.82, 2.24) is 10.2 Å². The Morgan fingerprint density at radius 2 is 1.50 bits per heavy atom. The number of amides is 1. The zero-order valence-electron chi connectivity index (χ0n) is 15.4. The minimum atomic E-state index is -1.48. The quantitative estimate of drug-likeness (QED) is 0.753. The summed E-state index contributed by atoms with van der Waals surface area (Å²) in [6.07, 6.45) is 4.27. The first kappa shape index (κ1) is 20.7. The molecule has 2 aliphatic rings. The zero-order valence-corrected chi connectivity index (χ0v) is 16.2. The smallest absolute Gasteiger partial charge is 0.253 e. The first-order valence-corrected chi connectivity index (χ1v) is 9.20. The Bertz CT molecular complexity index is 839. The number of carbonyl (C=O) groups excluding carboxylic acids is 1. The highest BCUT2D eigenvalue weighted by atomic mass is 35.5. The average molecular weight is 411 g/mol. The van der Waals surface area contributed by atoms with Crippen LogP contribution in [0.5, 0.6) is 0 Å². The van der Waals surface area contributed by atoms with Gasteiger partial charge in [-0.2, -0.15) is 0 Å². The van der Waals surface area contributed by atoms with Crippen molar-refractivity contribution in [2.24, 2.45) is 0 Å². The predicted octanol–water partition coefficient (Wildman–Crippen LogP) is 4.55. The molecule has 2 atom stereocenters. The topological polar surface area (TPSA) is 32.3 Å². The van der Waals surface area contributed by atoms with Crippen molar-refractivity contribution in [3.63, 3.8) is 0 Å². The highest BCUT2D eigenvalue weighted by Crippen LogP contribution is 2.30.